The first-order chi connectivity index (χ1) is 11.5. The zero-order valence-electron chi connectivity index (χ0n) is 15.4. The number of Topliss-reactive ketones (excluding diaryl/α,β-unsaturated/α-hetero) is 1. The molecule has 0 bridgehead atoms. The Morgan fingerprint density at radius 1 is 1.17 bits per heavy atom. The number of carbonyl (C=O) groups is 1. The third-order valence-electron chi connectivity index (χ3n) is 5.08. The lowest BCUT2D eigenvalue weighted by molar-refractivity contribution is 0.0762. The van der Waals surface area contributed by atoms with E-state index in [4.69, 9.17) is 0 Å². The molecule has 1 aromatic rings. The van der Waals surface area contributed by atoms with Crippen molar-refractivity contribution in [1.29, 1.82) is 0 Å². The molecule has 0 radical (unpaired) electrons. The third-order valence-corrected chi connectivity index (χ3v) is 5.08. The van der Waals surface area contributed by atoms with Gasteiger partial charge in [0.1, 0.15) is 0 Å². The predicted octanol–water partition coefficient (Wildman–Crippen LogP) is 6.46. The van der Waals surface area contributed by atoms with Gasteiger partial charge in [0.25, 0.3) is 0 Å². The van der Waals surface area contributed by atoms with Crippen LogP contribution in [0.3, 0.4) is 0 Å². The van der Waals surface area contributed by atoms with Gasteiger partial charge in [-0.05, 0) is 64.9 Å². The highest BCUT2D eigenvalue weighted by Crippen LogP contribution is 2.42. The Kier molecular flexibility index (Phi) is 6.36. The minimum absolute atomic E-state index is 0.298. The van der Waals surface area contributed by atoms with Crippen LogP contribution in [0.5, 0.6) is 0 Å². The quantitative estimate of drug-likeness (QED) is 0.526. The number of fused-ring (bicyclic) bond motifs is 1. The Morgan fingerprint density at radius 2 is 1.92 bits per heavy atom. The van der Waals surface area contributed by atoms with Gasteiger partial charge in [-0.25, -0.2) is 0 Å². The molecular weight excluding hydrogens is 292 g/mol. The minimum Gasteiger partial charge on any atom is -0.294 e. The average Bonchev–Trinajstić information content (AvgIpc) is 2.56. The van der Waals surface area contributed by atoms with Gasteiger partial charge in [0.15, 0.2) is 5.78 Å². The van der Waals surface area contributed by atoms with Crippen LogP contribution >= 0.6 is 0 Å². The van der Waals surface area contributed by atoms with E-state index in [1.54, 1.807) is 0 Å². The summed E-state index contributed by atoms with van der Waals surface area (Å²) in [6.07, 6.45) is 12.1. The van der Waals surface area contributed by atoms with E-state index in [-0.39, 0.29) is 5.41 Å². The third kappa shape index (κ3) is 4.35. The van der Waals surface area contributed by atoms with Crippen LogP contribution in [0.1, 0.15) is 68.8 Å². The summed E-state index contributed by atoms with van der Waals surface area (Å²) >= 11 is 0. The first-order valence-electron chi connectivity index (χ1n) is 9.01. The lowest BCUT2D eigenvalue weighted by Crippen LogP contribution is -2.35. The fourth-order valence-electron chi connectivity index (χ4n) is 3.54. The van der Waals surface area contributed by atoms with Gasteiger partial charge in [0.2, 0.25) is 0 Å². The van der Waals surface area contributed by atoms with Crippen molar-refractivity contribution < 1.29 is 4.79 Å². The van der Waals surface area contributed by atoms with Gasteiger partial charge in [-0.2, -0.15) is 0 Å². The van der Waals surface area contributed by atoms with E-state index in [2.05, 4.69) is 45.6 Å². The molecule has 2 rings (SSSR count). The van der Waals surface area contributed by atoms with Crippen molar-refractivity contribution in [2.45, 2.75) is 59.3 Å². The lowest BCUT2D eigenvalue weighted by Gasteiger charge is -2.35. The van der Waals surface area contributed by atoms with Crippen molar-refractivity contribution in [1.82, 2.24) is 0 Å². The molecule has 1 nitrogen and oxygen atoms in total. The van der Waals surface area contributed by atoms with E-state index in [1.807, 2.05) is 24.3 Å². The molecule has 1 aliphatic carbocycles. The predicted molar refractivity (Wildman–Crippen MR) is 103 cm³/mol. The van der Waals surface area contributed by atoms with E-state index >= 15 is 0 Å². The highest BCUT2D eigenvalue weighted by molar-refractivity contribution is 6.03. The van der Waals surface area contributed by atoms with Crippen molar-refractivity contribution in [2.24, 2.45) is 5.41 Å². The zero-order valence-corrected chi connectivity index (χ0v) is 15.4. The number of rotatable bonds is 7. The summed E-state index contributed by atoms with van der Waals surface area (Å²) in [5.41, 5.74) is 4.56. The summed E-state index contributed by atoms with van der Waals surface area (Å²) in [5.74, 6) is 0.303. The van der Waals surface area contributed by atoms with Crippen LogP contribution in [-0.4, -0.2) is 5.78 Å². The first-order valence-corrected chi connectivity index (χ1v) is 9.01. The van der Waals surface area contributed by atoms with Crippen LogP contribution in [0.15, 0.2) is 60.2 Å². The normalized spacial score (nSPS) is 20.5. The molecule has 0 saturated carbocycles. The van der Waals surface area contributed by atoms with Crippen molar-refractivity contribution in [2.75, 3.05) is 0 Å². The van der Waals surface area contributed by atoms with Gasteiger partial charge in [0.05, 0.1) is 0 Å². The maximum atomic E-state index is 13.2. The van der Waals surface area contributed by atoms with E-state index in [9.17, 15) is 4.79 Å². The van der Waals surface area contributed by atoms with Crippen molar-refractivity contribution in [3.05, 3.63) is 71.3 Å². The SMILES string of the molecule is C=CC[C@]1(C/C=C(\C)CCC=C(C)C)CCc2ccccc2C1=O. The van der Waals surface area contributed by atoms with Gasteiger partial charge < -0.3 is 0 Å². The molecule has 0 saturated heterocycles. The molecule has 0 heterocycles. The van der Waals surface area contributed by atoms with E-state index in [0.29, 0.717) is 5.78 Å². The van der Waals surface area contributed by atoms with Gasteiger partial charge >= 0.3 is 0 Å². The second-order valence-corrected chi connectivity index (χ2v) is 7.33. The molecule has 1 atom stereocenters. The number of ketones is 1. The minimum atomic E-state index is -0.298. The lowest BCUT2D eigenvalue weighted by atomic mass is 9.66. The van der Waals surface area contributed by atoms with Crippen molar-refractivity contribution >= 4 is 5.78 Å². The smallest absolute Gasteiger partial charge is 0.169 e. The summed E-state index contributed by atoms with van der Waals surface area (Å²) in [7, 11) is 0. The number of hydrogen-bond acceptors (Lipinski definition) is 1. The van der Waals surface area contributed by atoms with Crippen LogP contribution in [0.4, 0.5) is 0 Å². The molecule has 0 unspecified atom stereocenters. The second-order valence-electron chi connectivity index (χ2n) is 7.33. The van der Waals surface area contributed by atoms with E-state index in [1.165, 1.54) is 16.7 Å². The monoisotopic (exact) mass is 322 g/mol. The van der Waals surface area contributed by atoms with Crippen LogP contribution in [0.2, 0.25) is 0 Å². The number of carbonyl (C=O) groups excluding carboxylic acids is 1. The molecule has 0 N–H and O–H groups in total. The van der Waals surface area contributed by atoms with Gasteiger partial charge in [-0.1, -0.05) is 53.6 Å². The summed E-state index contributed by atoms with van der Waals surface area (Å²) in [6, 6.07) is 8.08. The topological polar surface area (TPSA) is 17.1 Å². The molecule has 0 aromatic heterocycles. The Balaban J connectivity index is 2.16. The van der Waals surface area contributed by atoms with Crippen molar-refractivity contribution in [3.63, 3.8) is 0 Å². The first kappa shape index (κ1) is 18.4. The average molecular weight is 322 g/mol. The number of allylic oxidation sites excluding steroid dienone is 5. The summed E-state index contributed by atoms with van der Waals surface area (Å²) in [6.45, 7) is 10.4. The zero-order chi connectivity index (χ0) is 17.6. The molecule has 128 valence electrons. The second kappa shape index (κ2) is 8.28. The molecule has 1 aliphatic rings. The molecule has 0 aliphatic heterocycles. The summed E-state index contributed by atoms with van der Waals surface area (Å²) in [4.78, 5) is 13.2. The van der Waals surface area contributed by atoms with Crippen LogP contribution < -0.4 is 0 Å². The largest absolute Gasteiger partial charge is 0.294 e. The molecule has 1 heteroatoms. The fraction of sp³-hybridized carbons (Fsp3) is 0.435. The highest BCUT2D eigenvalue weighted by Gasteiger charge is 2.40. The number of benzene rings is 1. The van der Waals surface area contributed by atoms with Crippen LogP contribution in [0, 0.1) is 5.41 Å². The van der Waals surface area contributed by atoms with Crippen LogP contribution in [0.25, 0.3) is 0 Å². The molecule has 1 aromatic carbocycles. The van der Waals surface area contributed by atoms with Crippen molar-refractivity contribution in [3.8, 4) is 0 Å². The Labute approximate surface area is 147 Å². The van der Waals surface area contributed by atoms with Gasteiger partial charge in [-0.3, -0.25) is 4.79 Å². The Hall–Kier alpha value is -1.89. The Bertz CT molecular complexity index is 658. The fourth-order valence-corrected chi connectivity index (χ4v) is 3.54. The standard InChI is InChI=1S/C23H30O/c1-5-15-23(16-13-19(4)10-8-9-18(2)3)17-14-20-11-6-7-12-21(20)22(23)24/h5-7,9,11-13H,1,8,10,14-17H2,2-4H3/b19-13+/t23-/m0/s1. The molecule has 0 fully saturated rings. The molecule has 24 heavy (non-hydrogen) atoms. The van der Waals surface area contributed by atoms with E-state index in [0.717, 1.165) is 44.1 Å². The number of aryl methyl sites for hydroxylation is 1. The maximum absolute atomic E-state index is 13.2. The molecule has 0 spiro atoms. The van der Waals surface area contributed by atoms with E-state index < -0.39 is 0 Å². The Morgan fingerprint density at radius 3 is 2.62 bits per heavy atom. The molecule has 0 amide bonds. The maximum Gasteiger partial charge on any atom is 0.169 e. The summed E-state index contributed by atoms with van der Waals surface area (Å²) in [5, 5.41) is 0. The van der Waals surface area contributed by atoms with Gasteiger partial charge in [-0.15, -0.1) is 6.58 Å². The summed E-state index contributed by atoms with van der Waals surface area (Å²) < 4.78 is 0. The molecular formula is C23H30O. The van der Waals surface area contributed by atoms with Crippen LogP contribution in [-0.2, 0) is 6.42 Å². The highest BCUT2D eigenvalue weighted by atomic mass is 16.1. The van der Waals surface area contributed by atoms with Gasteiger partial charge in [0, 0.05) is 11.0 Å². The number of hydrogen-bond donors (Lipinski definition) is 0.